The molecule has 0 unspecified atom stereocenters. The van der Waals surface area contributed by atoms with E-state index in [0.717, 1.165) is 68.6 Å². The van der Waals surface area contributed by atoms with Crippen LogP contribution in [0.3, 0.4) is 0 Å². The van der Waals surface area contributed by atoms with Crippen LogP contribution in [0.5, 0.6) is 5.75 Å². The van der Waals surface area contributed by atoms with Crippen molar-refractivity contribution >= 4 is 50.9 Å². The Balaban J connectivity index is 1.36. The van der Waals surface area contributed by atoms with E-state index in [1.54, 1.807) is 19.2 Å². The minimum atomic E-state index is 0.00159. The van der Waals surface area contributed by atoms with Gasteiger partial charge in [-0.1, -0.05) is 28.0 Å². The van der Waals surface area contributed by atoms with Crippen LogP contribution in [0.4, 0.5) is 11.4 Å². The Morgan fingerprint density at radius 3 is 2.00 bits per heavy atom. The SMILES string of the molecule is COc1ccc(NCCCCCC(=O)CSSCC(=O)NCCCCNc2ccc(C=O)cc2)cc1. The maximum absolute atomic E-state index is 12.0. The summed E-state index contributed by atoms with van der Waals surface area (Å²) in [5, 5.41) is 9.59. The Morgan fingerprint density at radius 2 is 1.36 bits per heavy atom. The van der Waals surface area contributed by atoms with Gasteiger partial charge in [0.25, 0.3) is 0 Å². The van der Waals surface area contributed by atoms with E-state index in [9.17, 15) is 14.4 Å². The highest BCUT2D eigenvalue weighted by Crippen LogP contribution is 2.21. The number of hydrogen-bond donors (Lipinski definition) is 3. The lowest BCUT2D eigenvalue weighted by Crippen LogP contribution is -2.26. The summed E-state index contributed by atoms with van der Waals surface area (Å²) in [6.45, 7) is 2.33. The van der Waals surface area contributed by atoms with Crippen molar-refractivity contribution in [3.8, 4) is 5.75 Å². The molecule has 196 valence electrons. The number of ether oxygens (including phenoxy) is 1. The Hall–Kier alpha value is -2.65. The third-order valence-electron chi connectivity index (χ3n) is 5.35. The molecular weight excluding hydrogens is 494 g/mol. The molecule has 2 rings (SSSR count). The summed E-state index contributed by atoms with van der Waals surface area (Å²) in [4.78, 5) is 34.6. The molecule has 0 aliphatic heterocycles. The summed E-state index contributed by atoms with van der Waals surface area (Å²) in [5.41, 5.74) is 2.71. The van der Waals surface area contributed by atoms with Crippen LogP contribution in [0.25, 0.3) is 0 Å². The normalized spacial score (nSPS) is 10.5. The van der Waals surface area contributed by atoms with E-state index in [1.165, 1.54) is 21.6 Å². The van der Waals surface area contributed by atoms with E-state index in [4.69, 9.17) is 4.74 Å². The van der Waals surface area contributed by atoms with E-state index in [0.29, 0.717) is 30.0 Å². The number of Topliss-reactive ketones (excluding diaryl/α,β-unsaturated/α-hetero) is 1. The van der Waals surface area contributed by atoms with Gasteiger partial charge in [0.05, 0.1) is 18.6 Å². The first-order valence-corrected chi connectivity index (χ1v) is 14.8. The van der Waals surface area contributed by atoms with Crippen LogP contribution in [0.1, 0.15) is 48.9 Å². The molecule has 0 radical (unpaired) electrons. The zero-order valence-corrected chi connectivity index (χ0v) is 22.6. The molecule has 0 aromatic heterocycles. The minimum absolute atomic E-state index is 0.00159. The first kappa shape index (κ1) is 29.6. The Labute approximate surface area is 222 Å². The fourth-order valence-electron chi connectivity index (χ4n) is 3.28. The molecule has 0 fully saturated rings. The van der Waals surface area contributed by atoms with Gasteiger partial charge in [-0.2, -0.15) is 0 Å². The number of unbranched alkanes of at least 4 members (excludes halogenated alkanes) is 3. The Bertz CT molecular complexity index is 908. The highest BCUT2D eigenvalue weighted by Gasteiger charge is 2.05. The minimum Gasteiger partial charge on any atom is -0.497 e. The number of ketones is 1. The fraction of sp³-hybridized carbons (Fsp3) is 0.444. The lowest BCUT2D eigenvalue weighted by atomic mass is 10.1. The second-order valence-electron chi connectivity index (χ2n) is 8.25. The van der Waals surface area contributed by atoms with Crippen LogP contribution in [0, 0.1) is 0 Å². The largest absolute Gasteiger partial charge is 0.497 e. The molecule has 2 aromatic carbocycles. The smallest absolute Gasteiger partial charge is 0.230 e. The van der Waals surface area contributed by atoms with Gasteiger partial charge in [-0.3, -0.25) is 14.4 Å². The lowest BCUT2D eigenvalue weighted by molar-refractivity contribution is -0.118. The van der Waals surface area contributed by atoms with Crippen molar-refractivity contribution in [1.29, 1.82) is 0 Å². The molecule has 0 saturated heterocycles. The number of aldehydes is 1. The molecule has 3 N–H and O–H groups in total. The average Bonchev–Trinajstić information content (AvgIpc) is 2.91. The van der Waals surface area contributed by atoms with Gasteiger partial charge in [0.2, 0.25) is 5.91 Å². The van der Waals surface area contributed by atoms with Crippen molar-refractivity contribution in [1.82, 2.24) is 5.32 Å². The predicted molar refractivity (Wildman–Crippen MR) is 152 cm³/mol. The first-order chi connectivity index (χ1) is 17.6. The molecule has 2 aromatic rings. The fourth-order valence-corrected chi connectivity index (χ4v) is 5.15. The van der Waals surface area contributed by atoms with Crippen molar-refractivity contribution in [3.63, 3.8) is 0 Å². The Kier molecular flexibility index (Phi) is 15.3. The van der Waals surface area contributed by atoms with Crippen LogP contribution in [0.2, 0.25) is 0 Å². The van der Waals surface area contributed by atoms with Crippen molar-refractivity contribution in [2.24, 2.45) is 0 Å². The first-order valence-electron chi connectivity index (χ1n) is 12.3. The third kappa shape index (κ3) is 13.4. The molecule has 1 amide bonds. The van der Waals surface area contributed by atoms with Crippen LogP contribution >= 0.6 is 21.6 Å². The monoisotopic (exact) mass is 531 g/mol. The molecule has 0 spiro atoms. The number of anilines is 2. The highest BCUT2D eigenvalue weighted by molar-refractivity contribution is 8.77. The number of methoxy groups -OCH3 is 1. The lowest BCUT2D eigenvalue weighted by Gasteiger charge is -2.08. The van der Waals surface area contributed by atoms with Gasteiger partial charge in [0.1, 0.15) is 17.8 Å². The predicted octanol–water partition coefficient (Wildman–Crippen LogP) is 5.44. The van der Waals surface area contributed by atoms with Crippen LogP contribution < -0.4 is 20.7 Å². The van der Waals surface area contributed by atoms with Gasteiger partial charge in [0, 0.05) is 43.0 Å². The van der Waals surface area contributed by atoms with Gasteiger partial charge >= 0.3 is 0 Å². The number of hydrogen-bond acceptors (Lipinski definition) is 8. The molecule has 9 heteroatoms. The van der Waals surface area contributed by atoms with E-state index < -0.39 is 0 Å². The summed E-state index contributed by atoms with van der Waals surface area (Å²) in [7, 11) is 4.55. The van der Waals surface area contributed by atoms with E-state index in [2.05, 4.69) is 16.0 Å². The highest BCUT2D eigenvalue weighted by atomic mass is 33.1. The molecule has 0 aliphatic rings. The van der Waals surface area contributed by atoms with Gasteiger partial charge in [-0.05, 0) is 74.2 Å². The van der Waals surface area contributed by atoms with E-state index >= 15 is 0 Å². The number of rotatable bonds is 20. The number of carbonyl (C=O) groups is 3. The maximum Gasteiger partial charge on any atom is 0.230 e. The summed E-state index contributed by atoms with van der Waals surface area (Å²) < 4.78 is 5.15. The third-order valence-corrected chi connectivity index (χ3v) is 7.54. The van der Waals surface area contributed by atoms with Crippen molar-refractivity contribution in [3.05, 3.63) is 54.1 Å². The number of benzene rings is 2. The topological polar surface area (TPSA) is 96.5 Å². The maximum atomic E-state index is 12.0. The molecule has 0 bridgehead atoms. The molecule has 36 heavy (non-hydrogen) atoms. The van der Waals surface area contributed by atoms with E-state index in [1.807, 2.05) is 36.4 Å². The molecule has 7 nitrogen and oxygen atoms in total. The van der Waals surface area contributed by atoms with Gasteiger partial charge in [-0.25, -0.2) is 0 Å². The second-order valence-corrected chi connectivity index (χ2v) is 10.7. The summed E-state index contributed by atoms with van der Waals surface area (Å²) >= 11 is 0. The zero-order valence-electron chi connectivity index (χ0n) is 20.9. The quantitative estimate of drug-likeness (QED) is 0.118. The van der Waals surface area contributed by atoms with Crippen LogP contribution in [0.15, 0.2) is 48.5 Å². The molecule has 0 saturated carbocycles. The zero-order chi connectivity index (χ0) is 25.8. The molecule has 0 aliphatic carbocycles. The number of amides is 1. The molecule has 0 atom stereocenters. The summed E-state index contributed by atoms with van der Waals surface area (Å²) in [6.07, 6.45) is 6.17. The van der Waals surface area contributed by atoms with Crippen LogP contribution in [-0.2, 0) is 9.59 Å². The Morgan fingerprint density at radius 1 is 0.778 bits per heavy atom. The standard InChI is InChI=1S/C27H37N3O4S2/c1-34-26-14-12-24(13-15-26)28-16-4-2-3-7-25(32)20-35-36-21-27(33)30-18-6-5-17-29-23-10-8-22(19-31)9-11-23/h8-15,19,28-29H,2-7,16-18,20-21H2,1H3,(H,30,33). The van der Waals surface area contributed by atoms with Crippen molar-refractivity contribution in [2.75, 3.05) is 48.9 Å². The number of nitrogens with one attached hydrogen (secondary N) is 3. The average molecular weight is 532 g/mol. The molecular formula is C27H37N3O4S2. The van der Waals surface area contributed by atoms with Crippen LogP contribution in [-0.4, -0.2) is 56.2 Å². The van der Waals surface area contributed by atoms with Gasteiger partial charge in [-0.15, -0.1) is 0 Å². The summed E-state index contributed by atoms with van der Waals surface area (Å²) in [6, 6.07) is 15.2. The van der Waals surface area contributed by atoms with E-state index in [-0.39, 0.29) is 11.7 Å². The van der Waals surface area contributed by atoms with Gasteiger partial charge in [0.15, 0.2) is 0 Å². The van der Waals surface area contributed by atoms with Crippen molar-refractivity contribution < 1.29 is 19.1 Å². The van der Waals surface area contributed by atoms with Gasteiger partial charge < -0.3 is 20.7 Å². The molecule has 0 heterocycles. The second kappa shape index (κ2) is 18.6. The van der Waals surface area contributed by atoms with Crippen molar-refractivity contribution in [2.45, 2.75) is 38.5 Å². The number of carbonyl (C=O) groups excluding carboxylic acids is 3. The summed E-state index contributed by atoms with van der Waals surface area (Å²) in [5.74, 6) is 1.89.